The molecule has 0 radical (unpaired) electrons. The third-order valence-electron chi connectivity index (χ3n) is 2.88. The highest BCUT2D eigenvalue weighted by atomic mass is 16.6. The fourth-order valence-corrected chi connectivity index (χ4v) is 2.12. The molecule has 19 heavy (non-hydrogen) atoms. The van der Waals surface area contributed by atoms with Crippen LogP contribution in [0.25, 0.3) is 0 Å². The number of rotatable bonds is 5. The summed E-state index contributed by atoms with van der Waals surface area (Å²) in [7, 11) is 0. The van der Waals surface area contributed by atoms with Crippen LogP contribution >= 0.6 is 0 Å². The van der Waals surface area contributed by atoms with Crippen molar-refractivity contribution in [3.63, 3.8) is 0 Å². The van der Waals surface area contributed by atoms with E-state index in [4.69, 9.17) is 14.6 Å². The minimum absolute atomic E-state index is 0.000881. The Morgan fingerprint density at radius 3 is 2.89 bits per heavy atom. The van der Waals surface area contributed by atoms with Crippen molar-refractivity contribution in [3.8, 4) is 11.5 Å². The highest BCUT2D eigenvalue weighted by Gasteiger charge is 2.34. The fourth-order valence-electron chi connectivity index (χ4n) is 2.12. The van der Waals surface area contributed by atoms with Crippen LogP contribution in [0.1, 0.15) is 25.8 Å². The molecule has 1 aliphatic rings. The van der Waals surface area contributed by atoms with E-state index in [9.17, 15) is 10.1 Å². The molecule has 6 nitrogen and oxygen atoms in total. The third-order valence-corrected chi connectivity index (χ3v) is 2.88. The molecule has 1 aromatic rings. The van der Waals surface area contributed by atoms with E-state index in [-0.39, 0.29) is 17.9 Å². The maximum atomic E-state index is 10.9. The lowest BCUT2D eigenvalue weighted by molar-refractivity contribution is -0.385. The average Bonchev–Trinajstić information content (AvgIpc) is 2.63. The van der Waals surface area contributed by atoms with Crippen LogP contribution in [0.4, 0.5) is 5.69 Å². The molecule has 0 fully saturated rings. The summed E-state index contributed by atoms with van der Waals surface area (Å²) in [6, 6.07) is 2.90. The van der Waals surface area contributed by atoms with Crippen LogP contribution in [0.15, 0.2) is 12.1 Å². The summed E-state index contributed by atoms with van der Waals surface area (Å²) in [5, 5.41) is 19.7. The Morgan fingerprint density at radius 1 is 1.53 bits per heavy atom. The predicted molar refractivity (Wildman–Crippen MR) is 68.7 cm³/mol. The van der Waals surface area contributed by atoms with Gasteiger partial charge in [-0.3, -0.25) is 10.1 Å². The van der Waals surface area contributed by atoms with Crippen LogP contribution in [-0.4, -0.2) is 28.8 Å². The summed E-state index contributed by atoms with van der Waals surface area (Å²) in [6.07, 6.45) is 1.08. The Hall–Kier alpha value is -1.82. The maximum absolute atomic E-state index is 10.9. The Balaban J connectivity index is 2.33. The number of aliphatic hydroxyl groups is 1. The molecule has 0 aromatic heterocycles. The molecule has 1 aromatic carbocycles. The van der Waals surface area contributed by atoms with E-state index in [1.807, 2.05) is 13.8 Å². The zero-order valence-electron chi connectivity index (χ0n) is 11.0. The lowest BCUT2D eigenvalue weighted by Gasteiger charge is -2.18. The normalized spacial score (nSPS) is 15.7. The van der Waals surface area contributed by atoms with Crippen molar-refractivity contribution in [1.29, 1.82) is 0 Å². The second kappa shape index (κ2) is 5.05. The molecule has 6 heteroatoms. The number of non-ortho nitro benzene ring substituents is 1. The van der Waals surface area contributed by atoms with Crippen molar-refractivity contribution in [2.45, 2.75) is 32.3 Å². The van der Waals surface area contributed by atoms with Gasteiger partial charge in [-0.05, 0) is 13.8 Å². The van der Waals surface area contributed by atoms with E-state index in [1.165, 1.54) is 12.1 Å². The van der Waals surface area contributed by atoms with Gasteiger partial charge in [-0.15, -0.1) is 0 Å². The summed E-state index contributed by atoms with van der Waals surface area (Å²) in [5.41, 5.74) is 0.407. The van der Waals surface area contributed by atoms with Crippen molar-refractivity contribution in [2.75, 3.05) is 13.2 Å². The topological polar surface area (TPSA) is 81.8 Å². The van der Waals surface area contributed by atoms with Crippen LogP contribution < -0.4 is 9.47 Å². The van der Waals surface area contributed by atoms with Gasteiger partial charge in [-0.1, -0.05) is 0 Å². The first-order valence-corrected chi connectivity index (χ1v) is 6.17. The molecule has 104 valence electrons. The van der Waals surface area contributed by atoms with Gasteiger partial charge in [0, 0.05) is 31.1 Å². The third kappa shape index (κ3) is 2.96. The van der Waals surface area contributed by atoms with Gasteiger partial charge in [0.2, 0.25) is 0 Å². The van der Waals surface area contributed by atoms with Gasteiger partial charge < -0.3 is 14.6 Å². The van der Waals surface area contributed by atoms with Gasteiger partial charge in [-0.2, -0.15) is 0 Å². The van der Waals surface area contributed by atoms with Crippen LogP contribution in [-0.2, 0) is 6.42 Å². The number of benzene rings is 1. The average molecular weight is 267 g/mol. The second-order valence-corrected chi connectivity index (χ2v) is 5.15. The van der Waals surface area contributed by atoms with Gasteiger partial charge in [0.25, 0.3) is 5.69 Å². The van der Waals surface area contributed by atoms with E-state index in [0.29, 0.717) is 30.9 Å². The molecule has 1 N–H and O–H groups in total. The van der Waals surface area contributed by atoms with Crippen molar-refractivity contribution in [2.24, 2.45) is 0 Å². The van der Waals surface area contributed by atoms with Gasteiger partial charge in [-0.25, -0.2) is 0 Å². The molecule has 0 bridgehead atoms. The molecular formula is C13H17NO5. The molecule has 0 unspecified atom stereocenters. The van der Waals surface area contributed by atoms with Crippen LogP contribution in [0, 0.1) is 10.1 Å². The van der Waals surface area contributed by atoms with E-state index in [1.54, 1.807) is 0 Å². The van der Waals surface area contributed by atoms with Gasteiger partial charge in [0.05, 0.1) is 17.6 Å². The number of hydrogen-bond donors (Lipinski definition) is 1. The summed E-state index contributed by atoms with van der Waals surface area (Å²) in [6.45, 7) is 4.17. The first-order valence-electron chi connectivity index (χ1n) is 6.17. The lowest BCUT2D eigenvalue weighted by Crippen LogP contribution is -2.24. The van der Waals surface area contributed by atoms with Crippen molar-refractivity contribution in [3.05, 3.63) is 27.8 Å². The molecule has 1 heterocycles. The molecule has 0 spiro atoms. The van der Waals surface area contributed by atoms with Crippen molar-refractivity contribution < 1.29 is 19.5 Å². The lowest BCUT2D eigenvalue weighted by atomic mass is 10.0. The first-order chi connectivity index (χ1) is 8.93. The SMILES string of the molecule is CC1(C)Cc2cc([N+](=O)[O-])cc(OCCCO)c2O1. The van der Waals surface area contributed by atoms with Gasteiger partial charge in [0.15, 0.2) is 11.5 Å². The number of nitro benzene ring substituents is 1. The van der Waals surface area contributed by atoms with E-state index < -0.39 is 4.92 Å². The molecule has 0 aliphatic carbocycles. The molecular weight excluding hydrogens is 250 g/mol. The Morgan fingerprint density at radius 2 is 2.26 bits per heavy atom. The van der Waals surface area contributed by atoms with Gasteiger partial charge >= 0.3 is 0 Å². The Labute approximate surface area is 111 Å². The molecule has 1 aliphatic heterocycles. The second-order valence-electron chi connectivity index (χ2n) is 5.15. The summed E-state index contributed by atoms with van der Waals surface area (Å²) >= 11 is 0. The van der Waals surface area contributed by atoms with E-state index in [2.05, 4.69) is 0 Å². The smallest absolute Gasteiger partial charge is 0.273 e. The molecule has 0 atom stereocenters. The minimum Gasteiger partial charge on any atom is -0.489 e. The number of hydrogen-bond acceptors (Lipinski definition) is 5. The molecule has 0 saturated heterocycles. The minimum atomic E-state index is -0.440. The van der Waals surface area contributed by atoms with Crippen LogP contribution in [0.2, 0.25) is 0 Å². The number of ether oxygens (including phenoxy) is 2. The number of aliphatic hydroxyl groups excluding tert-OH is 1. The molecule has 0 saturated carbocycles. The van der Waals surface area contributed by atoms with Crippen molar-refractivity contribution in [1.82, 2.24) is 0 Å². The first kappa shape index (κ1) is 13.6. The standard InChI is InChI=1S/C13H17NO5/c1-13(2)8-9-6-10(14(16)17)7-11(12(9)19-13)18-5-3-4-15/h6-7,15H,3-5,8H2,1-2H3. The quantitative estimate of drug-likeness (QED) is 0.501. The fraction of sp³-hybridized carbons (Fsp3) is 0.538. The van der Waals surface area contributed by atoms with Crippen LogP contribution in [0.5, 0.6) is 11.5 Å². The predicted octanol–water partition coefficient (Wildman–Crippen LogP) is 2.07. The number of nitrogens with zero attached hydrogens (tertiary/aromatic N) is 1. The number of fused-ring (bicyclic) bond motifs is 1. The van der Waals surface area contributed by atoms with Gasteiger partial charge in [0.1, 0.15) is 5.60 Å². The highest BCUT2D eigenvalue weighted by Crippen LogP contribution is 2.44. The Kier molecular flexibility index (Phi) is 3.61. The van der Waals surface area contributed by atoms with E-state index >= 15 is 0 Å². The molecule has 2 rings (SSSR count). The van der Waals surface area contributed by atoms with Crippen LogP contribution in [0.3, 0.4) is 0 Å². The largest absolute Gasteiger partial charge is 0.489 e. The summed E-state index contributed by atoms with van der Waals surface area (Å²) in [5.74, 6) is 0.955. The molecule has 0 amide bonds. The monoisotopic (exact) mass is 267 g/mol. The highest BCUT2D eigenvalue weighted by molar-refractivity contribution is 5.56. The van der Waals surface area contributed by atoms with E-state index in [0.717, 1.165) is 5.56 Å². The zero-order chi connectivity index (χ0) is 14.0. The summed E-state index contributed by atoms with van der Waals surface area (Å²) in [4.78, 5) is 10.5. The van der Waals surface area contributed by atoms with Crippen molar-refractivity contribution >= 4 is 5.69 Å². The zero-order valence-corrected chi connectivity index (χ0v) is 11.0. The summed E-state index contributed by atoms with van der Waals surface area (Å²) < 4.78 is 11.3. The Bertz CT molecular complexity index is 498. The maximum Gasteiger partial charge on any atom is 0.273 e. The number of nitro groups is 1.